The van der Waals surface area contributed by atoms with Crippen molar-refractivity contribution in [1.29, 1.82) is 0 Å². The average molecular weight is 331 g/mol. The molecule has 0 aliphatic heterocycles. The Morgan fingerprint density at radius 2 is 2.17 bits per heavy atom. The number of rotatable bonds is 10. The molecule has 0 aliphatic carbocycles. The fraction of sp³-hybridized carbons (Fsp3) is 0.353. The van der Waals surface area contributed by atoms with Crippen LogP contribution in [0.15, 0.2) is 48.1 Å². The SMILES string of the molecule is COc1ccccc1C(Cn1ccnc1)=NOCCCCC(=O)O. The van der Waals surface area contributed by atoms with Crippen LogP contribution in [-0.2, 0) is 16.2 Å². The number of hydrogen-bond acceptors (Lipinski definition) is 5. The van der Waals surface area contributed by atoms with Crippen LogP contribution in [0, 0.1) is 0 Å². The Hall–Kier alpha value is -2.83. The highest BCUT2D eigenvalue weighted by Crippen LogP contribution is 2.19. The molecule has 1 aromatic carbocycles. The fourth-order valence-corrected chi connectivity index (χ4v) is 2.17. The Kier molecular flexibility index (Phi) is 6.82. The number of carboxylic acid groups (broad SMARTS) is 1. The highest BCUT2D eigenvalue weighted by molar-refractivity contribution is 6.02. The van der Waals surface area contributed by atoms with Crippen molar-refractivity contribution in [2.75, 3.05) is 13.7 Å². The van der Waals surface area contributed by atoms with Gasteiger partial charge in [-0.15, -0.1) is 0 Å². The molecule has 1 heterocycles. The number of para-hydroxylation sites is 1. The van der Waals surface area contributed by atoms with Crippen LogP contribution in [0.1, 0.15) is 24.8 Å². The van der Waals surface area contributed by atoms with Crippen LogP contribution in [0.3, 0.4) is 0 Å². The lowest BCUT2D eigenvalue weighted by Gasteiger charge is -2.11. The summed E-state index contributed by atoms with van der Waals surface area (Å²) in [5.41, 5.74) is 1.56. The first-order chi connectivity index (χ1) is 11.7. The summed E-state index contributed by atoms with van der Waals surface area (Å²) in [6, 6.07) is 7.59. The molecular weight excluding hydrogens is 310 g/mol. The number of benzene rings is 1. The molecule has 1 aromatic heterocycles. The predicted octanol–water partition coefficient (Wildman–Crippen LogP) is 2.57. The Morgan fingerprint density at radius 3 is 2.88 bits per heavy atom. The summed E-state index contributed by atoms with van der Waals surface area (Å²) in [7, 11) is 1.61. The summed E-state index contributed by atoms with van der Waals surface area (Å²) in [6.07, 6.45) is 6.60. The van der Waals surface area contributed by atoms with Crippen LogP contribution >= 0.6 is 0 Å². The number of aromatic nitrogens is 2. The summed E-state index contributed by atoms with van der Waals surface area (Å²) in [5.74, 6) is -0.0841. The van der Waals surface area contributed by atoms with E-state index in [9.17, 15) is 4.79 Å². The molecule has 0 amide bonds. The van der Waals surface area contributed by atoms with E-state index >= 15 is 0 Å². The van der Waals surface area contributed by atoms with Gasteiger partial charge in [0.2, 0.25) is 0 Å². The number of aliphatic carboxylic acids is 1. The van der Waals surface area contributed by atoms with Crippen LogP contribution < -0.4 is 4.74 Å². The Bertz CT molecular complexity index is 668. The van der Waals surface area contributed by atoms with Gasteiger partial charge in [0.15, 0.2) is 0 Å². The summed E-state index contributed by atoms with van der Waals surface area (Å²) in [6.45, 7) is 0.866. The van der Waals surface area contributed by atoms with E-state index in [1.165, 1.54) is 0 Å². The minimum atomic E-state index is -0.798. The van der Waals surface area contributed by atoms with Gasteiger partial charge in [-0.05, 0) is 25.0 Å². The lowest BCUT2D eigenvalue weighted by Crippen LogP contribution is -2.12. The first-order valence-corrected chi connectivity index (χ1v) is 7.70. The molecule has 0 aliphatic rings. The molecule has 0 spiro atoms. The molecule has 0 saturated heterocycles. The van der Waals surface area contributed by atoms with Crippen LogP contribution in [0.5, 0.6) is 5.75 Å². The third kappa shape index (κ3) is 5.42. The quantitative estimate of drug-likeness (QED) is 0.411. The number of methoxy groups -OCH3 is 1. The zero-order valence-corrected chi connectivity index (χ0v) is 13.6. The summed E-state index contributed by atoms with van der Waals surface area (Å²) >= 11 is 0. The normalized spacial score (nSPS) is 11.3. The van der Waals surface area contributed by atoms with E-state index < -0.39 is 5.97 Å². The molecule has 0 atom stereocenters. The van der Waals surface area contributed by atoms with E-state index in [-0.39, 0.29) is 6.42 Å². The van der Waals surface area contributed by atoms with E-state index in [4.69, 9.17) is 14.7 Å². The summed E-state index contributed by atoms with van der Waals surface area (Å²) in [4.78, 5) is 19.9. The Morgan fingerprint density at radius 1 is 1.33 bits per heavy atom. The van der Waals surface area contributed by atoms with Gasteiger partial charge in [0, 0.05) is 24.4 Å². The molecule has 7 heteroatoms. The van der Waals surface area contributed by atoms with Gasteiger partial charge in [0.25, 0.3) is 0 Å². The number of ether oxygens (including phenoxy) is 1. The van der Waals surface area contributed by atoms with Gasteiger partial charge in [-0.2, -0.15) is 0 Å². The first-order valence-electron chi connectivity index (χ1n) is 7.70. The zero-order valence-electron chi connectivity index (χ0n) is 13.6. The van der Waals surface area contributed by atoms with Gasteiger partial charge in [-0.25, -0.2) is 4.98 Å². The Labute approximate surface area is 140 Å². The standard InChI is InChI=1S/C17H21N3O4/c1-23-16-7-3-2-6-14(16)15(12-20-10-9-18-13-20)19-24-11-5-4-8-17(21)22/h2-3,6-7,9-10,13H,4-5,8,11-12H2,1H3,(H,21,22). The second-order valence-electron chi connectivity index (χ2n) is 5.16. The van der Waals surface area contributed by atoms with Crippen molar-refractivity contribution >= 4 is 11.7 Å². The number of oxime groups is 1. The topological polar surface area (TPSA) is 85.9 Å². The second-order valence-corrected chi connectivity index (χ2v) is 5.16. The summed E-state index contributed by atoms with van der Waals surface area (Å²) < 4.78 is 7.28. The maximum atomic E-state index is 10.5. The third-order valence-electron chi connectivity index (χ3n) is 3.36. The van der Waals surface area contributed by atoms with Crippen LogP contribution in [-0.4, -0.2) is 40.1 Å². The van der Waals surface area contributed by atoms with Gasteiger partial charge in [-0.3, -0.25) is 4.79 Å². The lowest BCUT2D eigenvalue weighted by molar-refractivity contribution is -0.137. The molecule has 0 saturated carbocycles. The number of hydrogen-bond donors (Lipinski definition) is 1. The van der Waals surface area contributed by atoms with E-state index in [1.54, 1.807) is 19.6 Å². The largest absolute Gasteiger partial charge is 0.496 e. The number of unbranched alkanes of at least 4 members (excludes halogenated alkanes) is 1. The van der Waals surface area contributed by atoms with Crippen molar-refractivity contribution in [3.8, 4) is 5.75 Å². The molecule has 2 rings (SSSR count). The molecule has 24 heavy (non-hydrogen) atoms. The molecule has 1 N–H and O–H groups in total. The highest BCUT2D eigenvalue weighted by Gasteiger charge is 2.11. The molecule has 7 nitrogen and oxygen atoms in total. The van der Waals surface area contributed by atoms with Crippen LogP contribution in [0.2, 0.25) is 0 Å². The lowest BCUT2D eigenvalue weighted by atomic mass is 10.1. The molecule has 0 fully saturated rings. The van der Waals surface area contributed by atoms with Gasteiger partial charge in [0.1, 0.15) is 18.1 Å². The van der Waals surface area contributed by atoms with E-state index in [2.05, 4.69) is 10.1 Å². The average Bonchev–Trinajstić information content (AvgIpc) is 3.09. The van der Waals surface area contributed by atoms with E-state index in [0.29, 0.717) is 37.5 Å². The molecular formula is C17H21N3O4. The van der Waals surface area contributed by atoms with Crippen molar-refractivity contribution in [2.45, 2.75) is 25.8 Å². The van der Waals surface area contributed by atoms with Crippen molar-refractivity contribution < 1.29 is 19.5 Å². The smallest absolute Gasteiger partial charge is 0.303 e. The van der Waals surface area contributed by atoms with Crippen molar-refractivity contribution in [1.82, 2.24) is 9.55 Å². The van der Waals surface area contributed by atoms with E-state index in [0.717, 1.165) is 5.56 Å². The minimum absolute atomic E-state index is 0.140. The van der Waals surface area contributed by atoms with Crippen LogP contribution in [0.4, 0.5) is 0 Å². The molecule has 128 valence electrons. The monoisotopic (exact) mass is 331 g/mol. The second kappa shape index (κ2) is 9.34. The predicted molar refractivity (Wildman–Crippen MR) is 89.2 cm³/mol. The van der Waals surface area contributed by atoms with Gasteiger partial charge >= 0.3 is 5.97 Å². The van der Waals surface area contributed by atoms with E-state index in [1.807, 2.05) is 35.0 Å². The number of nitrogens with zero attached hydrogens (tertiary/aromatic N) is 3. The zero-order chi connectivity index (χ0) is 17.2. The van der Waals surface area contributed by atoms with Gasteiger partial charge < -0.3 is 19.2 Å². The van der Waals surface area contributed by atoms with Crippen LogP contribution in [0.25, 0.3) is 0 Å². The third-order valence-corrected chi connectivity index (χ3v) is 3.36. The van der Waals surface area contributed by atoms with Gasteiger partial charge in [0.05, 0.1) is 20.0 Å². The first kappa shape index (κ1) is 17.5. The fourth-order valence-electron chi connectivity index (χ4n) is 2.17. The maximum Gasteiger partial charge on any atom is 0.303 e. The Balaban J connectivity index is 2.05. The van der Waals surface area contributed by atoms with Crippen molar-refractivity contribution in [3.05, 3.63) is 48.5 Å². The number of carbonyl (C=O) groups is 1. The molecule has 0 unspecified atom stereocenters. The minimum Gasteiger partial charge on any atom is -0.496 e. The van der Waals surface area contributed by atoms with Gasteiger partial charge in [-0.1, -0.05) is 17.3 Å². The molecule has 2 aromatic rings. The molecule has 0 radical (unpaired) electrons. The highest BCUT2D eigenvalue weighted by atomic mass is 16.6. The maximum absolute atomic E-state index is 10.5. The number of imidazole rings is 1. The molecule has 0 bridgehead atoms. The number of carboxylic acids is 1. The van der Waals surface area contributed by atoms with Crippen molar-refractivity contribution in [3.63, 3.8) is 0 Å². The van der Waals surface area contributed by atoms with Crippen molar-refractivity contribution in [2.24, 2.45) is 5.16 Å². The summed E-state index contributed by atoms with van der Waals surface area (Å²) in [5, 5.41) is 12.9.